The van der Waals surface area contributed by atoms with Gasteiger partial charge < -0.3 is 32.2 Å². The first-order valence-corrected chi connectivity index (χ1v) is 16.8. The van der Waals surface area contributed by atoms with Crippen molar-refractivity contribution in [2.75, 3.05) is 13.1 Å². The SMILES string of the molecule is CC(C)C[C@H](NC(=O)[C@@H](CC(=O)[C@@H](C)CCCCN)Cc1ccc(O)cc1)C(=O)C[C@@H](Cc1c[nH]c2ccccc12)C(=O)NCC(N)=O. The second kappa shape index (κ2) is 18.7. The average molecular weight is 662 g/mol. The third-order valence-corrected chi connectivity index (χ3v) is 8.69. The molecule has 2 aromatic carbocycles. The number of ketones is 2. The van der Waals surface area contributed by atoms with Gasteiger partial charge >= 0.3 is 0 Å². The molecule has 3 aromatic rings. The highest BCUT2D eigenvalue weighted by atomic mass is 16.3. The molecule has 0 aliphatic carbocycles. The lowest BCUT2D eigenvalue weighted by Crippen LogP contribution is -2.47. The molecule has 3 rings (SSSR count). The van der Waals surface area contributed by atoms with Crippen molar-refractivity contribution in [3.05, 3.63) is 65.9 Å². The molecule has 48 heavy (non-hydrogen) atoms. The maximum Gasteiger partial charge on any atom is 0.236 e. The summed E-state index contributed by atoms with van der Waals surface area (Å²) in [5, 5.41) is 16.2. The van der Waals surface area contributed by atoms with Gasteiger partial charge in [0.1, 0.15) is 11.5 Å². The quantitative estimate of drug-likeness (QED) is 0.0935. The molecule has 4 atom stereocenters. The van der Waals surface area contributed by atoms with E-state index in [0.717, 1.165) is 34.9 Å². The van der Waals surface area contributed by atoms with Crippen LogP contribution in [0.2, 0.25) is 0 Å². The Balaban J connectivity index is 1.83. The summed E-state index contributed by atoms with van der Waals surface area (Å²) in [7, 11) is 0. The zero-order chi connectivity index (χ0) is 35.2. The van der Waals surface area contributed by atoms with Gasteiger partial charge in [0.25, 0.3) is 0 Å². The lowest BCUT2D eigenvalue weighted by atomic mass is 9.86. The molecule has 0 saturated carbocycles. The molecule has 0 spiro atoms. The number of aromatic hydroxyl groups is 1. The van der Waals surface area contributed by atoms with Crippen LogP contribution in [0.5, 0.6) is 5.75 Å². The van der Waals surface area contributed by atoms with Gasteiger partial charge in [0.15, 0.2) is 5.78 Å². The number of carbonyl (C=O) groups excluding carboxylic acids is 5. The number of primary amides is 1. The number of carbonyl (C=O) groups is 5. The van der Waals surface area contributed by atoms with Crippen LogP contribution in [0.4, 0.5) is 0 Å². The van der Waals surface area contributed by atoms with Crippen molar-refractivity contribution in [2.24, 2.45) is 35.1 Å². The molecule has 11 nitrogen and oxygen atoms in total. The summed E-state index contributed by atoms with van der Waals surface area (Å²) < 4.78 is 0. The number of phenols is 1. The minimum absolute atomic E-state index is 0.00218. The molecule has 0 aliphatic heterocycles. The van der Waals surface area contributed by atoms with Crippen LogP contribution in [0.1, 0.15) is 70.4 Å². The Morgan fingerprint density at radius 1 is 0.854 bits per heavy atom. The molecule has 11 heteroatoms. The fourth-order valence-electron chi connectivity index (χ4n) is 5.93. The Morgan fingerprint density at radius 2 is 1.52 bits per heavy atom. The van der Waals surface area contributed by atoms with Crippen LogP contribution in [0.15, 0.2) is 54.7 Å². The number of benzene rings is 2. The van der Waals surface area contributed by atoms with E-state index in [4.69, 9.17) is 11.5 Å². The highest BCUT2D eigenvalue weighted by Crippen LogP contribution is 2.25. The first-order valence-electron chi connectivity index (χ1n) is 16.8. The highest BCUT2D eigenvalue weighted by molar-refractivity contribution is 5.95. The van der Waals surface area contributed by atoms with Gasteiger partial charge in [-0.25, -0.2) is 0 Å². The van der Waals surface area contributed by atoms with Gasteiger partial charge in [-0.1, -0.05) is 57.5 Å². The zero-order valence-corrected chi connectivity index (χ0v) is 28.3. The molecule has 0 aliphatic rings. The summed E-state index contributed by atoms with van der Waals surface area (Å²) in [6, 6.07) is 13.2. The first kappa shape index (κ1) is 37.9. The van der Waals surface area contributed by atoms with E-state index < -0.39 is 35.6 Å². The predicted molar refractivity (Wildman–Crippen MR) is 186 cm³/mol. The Hall–Kier alpha value is -4.51. The van der Waals surface area contributed by atoms with E-state index in [-0.39, 0.29) is 61.4 Å². The summed E-state index contributed by atoms with van der Waals surface area (Å²) in [5.74, 6) is -3.66. The number of fused-ring (bicyclic) bond motifs is 1. The number of rotatable bonds is 21. The van der Waals surface area contributed by atoms with Gasteiger partial charge in [0, 0.05) is 47.7 Å². The number of Topliss-reactive ketones (excluding diaryl/α,β-unsaturated/α-hetero) is 2. The highest BCUT2D eigenvalue weighted by Gasteiger charge is 2.32. The topological polar surface area (TPSA) is 197 Å². The van der Waals surface area contributed by atoms with Gasteiger partial charge in [0.2, 0.25) is 17.7 Å². The van der Waals surface area contributed by atoms with Crippen molar-refractivity contribution in [3.8, 4) is 5.75 Å². The van der Waals surface area contributed by atoms with E-state index in [0.29, 0.717) is 19.4 Å². The van der Waals surface area contributed by atoms with E-state index >= 15 is 0 Å². The monoisotopic (exact) mass is 661 g/mol. The summed E-state index contributed by atoms with van der Waals surface area (Å²) in [5.41, 5.74) is 13.4. The summed E-state index contributed by atoms with van der Waals surface area (Å²) >= 11 is 0. The van der Waals surface area contributed by atoms with Crippen molar-refractivity contribution in [1.29, 1.82) is 0 Å². The normalized spacial score (nSPS) is 13.9. The molecule has 0 saturated heterocycles. The van der Waals surface area contributed by atoms with Crippen LogP contribution >= 0.6 is 0 Å². The number of aromatic nitrogens is 1. The molecular formula is C37H51N5O6. The molecule has 260 valence electrons. The fourth-order valence-corrected chi connectivity index (χ4v) is 5.93. The smallest absolute Gasteiger partial charge is 0.236 e. The molecule has 0 fully saturated rings. The number of phenolic OH excluding ortho intramolecular Hbond substituents is 1. The van der Waals surface area contributed by atoms with E-state index in [9.17, 15) is 29.1 Å². The Kier molecular flexibility index (Phi) is 14.8. The second-order valence-electron chi connectivity index (χ2n) is 13.2. The number of hydrogen-bond donors (Lipinski definition) is 6. The van der Waals surface area contributed by atoms with Crippen molar-refractivity contribution >= 4 is 40.2 Å². The van der Waals surface area contributed by atoms with E-state index in [1.165, 1.54) is 12.1 Å². The number of unbranched alkanes of at least 4 members (excludes halogenated alkanes) is 1. The predicted octanol–water partition coefficient (Wildman–Crippen LogP) is 3.71. The van der Waals surface area contributed by atoms with Gasteiger partial charge in [-0.05, 0) is 73.9 Å². The van der Waals surface area contributed by atoms with Crippen LogP contribution in [0.25, 0.3) is 10.9 Å². The number of hydrogen-bond acceptors (Lipinski definition) is 7. The van der Waals surface area contributed by atoms with E-state index in [2.05, 4.69) is 15.6 Å². The van der Waals surface area contributed by atoms with Crippen molar-refractivity contribution < 1.29 is 29.1 Å². The molecular weight excluding hydrogens is 610 g/mol. The first-order chi connectivity index (χ1) is 22.9. The van der Waals surface area contributed by atoms with Crippen molar-refractivity contribution in [1.82, 2.24) is 15.6 Å². The molecule has 3 amide bonds. The molecule has 0 radical (unpaired) electrons. The largest absolute Gasteiger partial charge is 0.508 e. The average Bonchev–Trinajstić information content (AvgIpc) is 3.45. The summed E-state index contributed by atoms with van der Waals surface area (Å²) in [6.07, 6.45) is 4.73. The Labute approximate surface area is 282 Å². The maximum atomic E-state index is 14.0. The third kappa shape index (κ3) is 11.9. The minimum atomic E-state index is -0.897. The molecule has 0 unspecified atom stereocenters. The van der Waals surface area contributed by atoms with Crippen LogP contribution in [0.3, 0.4) is 0 Å². The van der Waals surface area contributed by atoms with Gasteiger partial charge in [-0.15, -0.1) is 0 Å². The lowest BCUT2D eigenvalue weighted by Gasteiger charge is -2.25. The number of nitrogens with two attached hydrogens (primary N) is 2. The summed E-state index contributed by atoms with van der Waals surface area (Å²) in [6.45, 7) is 5.93. The Bertz CT molecular complexity index is 1530. The van der Waals surface area contributed by atoms with Gasteiger partial charge in [0.05, 0.1) is 12.6 Å². The van der Waals surface area contributed by atoms with Gasteiger partial charge in [-0.2, -0.15) is 0 Å². The van der Waals surface area contributed by atoms with Crippen molar-refractivity contribution in [3.63, 3.8) is 0 Å². The molecule has 8 N–H and O–H groups in total. The minimum Gasteiger partial charge on any atom is -0.508 e. The number of para-hydroxylation sites is 1. The number of nitrogens with one attached hydrogen (secondary N) is 3. The standard InChI is InChI=1S/C37H51N5O6/c1-23(2)16-32(34(45)20-27(36(47)41-22-35(39)46)18-28-21-40-31-10-5-4-9-30(28)31)42-37(48)26(17-25-11-13-29(43)14-12-25)19-33(44)24(3)8-6-7-15-38/h4-5,9-14,21,23-24,26-27,32,40,43H,6-8,15-20,22,38H2,1-3H3,(H2,39,46)(H,41,47)(H,42,48)/t24-,26+,27+,32-/m0/s1. The van der Waals surface area contributed by atoms with Crippen molar-refractivity contribution in [2.45, 2.75) is 78.2 Å². The van der Waals surface area contributed by atoms with E-state index in [1.807, 2.05) is 45.0 Å². The van der Waals surface area contributed by atoms with Gasteiger partial charge in [-0.3, -0.25) is 24.0 Å². The fraction of sp³-hybridized carbons (Fsp3) is 0.486. The van der Waals surface area contributed by atoms with E-state index in [1.54, 1.807) is 18.3 Å². The maximum absolute atomic E-state index is 14.0. The summed E-state index contributed by atoms with van der Waals surface area (Å²) in [4.78, 5) is 69.1. The molecule has 1 heterocycles. The lowest BCUT2D eigenvalue weighted by molar-refractivity contribution is -0.135. The Morgan fingerprint density at radius 3 is 2.19 bits per heavy atom. The number of amides is 3. The zero-order valence-electron chi connectivity index (χ0n) is 28.3. The second-order valence-corrected chi connectivity index (χ2v) is 13.2. The van der Waals surface area contributed by atoms with Crippen LogP contribution in [-0.4, -0.2) is 58.5 Å². The number of H-pyrrole nitrogens is 1. The van der Waals surface area contributed by atoms with Crippen LogP contribution < -0.4 is 22.1 Å². The molecule has 0 bridgehead atoms. The van der Waals surface area contributed by atoms with Crippen LogP contribution in [0, 0.1) is 23.7 Å². The third-order valence-electron chi connectivity index (χ3n) is 8.69. The van der Waals surface area contributed by atoms with Crippen LogP contribution in [-0.2, 0) is 36.8 Å². The number of aromatic amines is 1. The molecule has 1 aromatic heterocycles.